The molecule has 0 saturated carbocycles. The van der Waals surface area contributed by atoms with Gasteiger partial charge in [-0.3, -0.25) is 4.21 Å². The van der Waals surface area contributed by atoms with Gasteiger partial charge in [0.1, 0.15) is 10.7 Å². The molecular weight excluding hydrogens is 454 g/mol. The molecular formula is C24H33N5O4S. The van der Waals surface area contributed by atoms with Crippen LogP contribution in [0.3, 0.4) is 0 Å². The summed E-state index contributed by atoms with van der Waals surface area (Å²) in [4.78, 5) is 26.5. The normalized spacial score (nSPS) is 18.7. The Bertz CT molecular complexity index is 1040. The Labute approximate surface area is 203 Å². The number of esters is 1. The highest BCUT2D eigenvalue weighted by molar-refractivity contribution is 7.85. The lowest BCUT2D eigenvalue weighted by atomic mass is 10.1. The molecule has 0 radical (unpaired) electrons. The van der Waals surface area contributed by atoms with Crippen molar-refractivity contribution >= 4 is 34.2 Å². The molecule has 0 amide bonds. The number of benzene rings is 1. The number of nitrogens with zero attached hydrogens (tertiary/aromatic N) is 4. The second kappa shape index (κ2) is 10.7. The molecule has 1 saturated heterocycles. The molecule has 0 aliphatic carbocycles. The molecule has 2 aliphatic rings. The summed E-state index contributed by atoms with van der Waals surface area (Å²) in [6.07, 6.45) is 0.671. The fourth-order valence-electron chi connectivity index (χ4n) is 4.21. The van der Waals surface area contributed by atoms with Crippen molar-refractivity contribution < 1.29 is 18.8 Å². The lowest BCUT2D eigenvalue weighted by molar-refractivity contribution is 0.0526. The second-order valence-electron chi connectivity index (χ2n) is 8.87. The van der Waals surface area contributed by atoms with Crippen LogP contribution in [0, 0.1) is 5.92 Å². The highest BCUT2D eigenvalue weighted by atomic mass is 32.2. The number of ether oxygens (including phenoxy) is 1. The Hall–Kier alpha value is -2.72. The predicted octanol–water partition coefficient (Wildman–Crippen LogP) is 2.07. The Balaban J connectivity index is 1.47. The van der Waals surface area contributed by atoms with E-state index in [2.05, 4.69) is 15.1 Å². The Morgan fingerprint density at radius 3 is 2.44 bits per heavy atom. The first-order valence-electron chi connectivity index (χ1n) is 11.8. The first kappa shape index (κ1) is 24.4. The fraction of sp³-hybridized carbons (Fsp3) is 0.542. The van der Waals surface area contributed by atoms with Gasteiger partial charge in [-0.25, -0.2) is 9.78 Å². The van der Waals surface area contributed by atoms with Crippen molar-refractivity contribution in [3.63, 3.8) is 0 Å². The monoisotopic (exact) mass is 487 g/mol. The van der Waals surface area contributed by atoms with E-state index < -0.39 is 10.8 Å². The molecule has 0 spiro atoms. The third-order valence-corrected chi connectivity index (χ3v) is 7.76. The average Bonchev–Trinajstić information content (AvgIpc) is 3.23. The minimum atomic E-state index is -1.12. The van der Waals surface area contributed by atoms with E-state index in [1.54, 1.807) is 19.1 Å². The van der Waals surface area contributed by atoms with Crippen molar-refractivity contribution in [1.82, 2.24) is 9.97 Å². The second-order valence-corrected chi connectivity index (χ2v) is 10.4. The predicted molar refractivity (Wildman–Crippen MR) is 133 cm³/mol. The molecule has 2 atom stereocenters. The van der Waals surface area contributed by atoms with Crippen molar-refractivity contribution in [1.29, 1.82) is 0 Å². The third-order valence-electron chi connectivity index (χ3n) is 6.31. The first-order chi connectivity index (χ1) is 16.4. The van der Waals surface area contributed by atoms with Gasteiger partial charge in [-0.15, -0.1) is 0 Å². The maximum Gasteiger partial charge on any atom is 0.338 e. The van der Waals surface area contributed by atoms with Crippen LogP contribution < -0.4 is 15.1 Å². The number of rotatable bonds is 8. The molecule has 1 unspecified atom stereocenters. The van der Waals surface area contributed by atoms with Gasteiger partial charge in [-0.05, 0) is 37.1 Å². The molecule has 3 heterocycles. The van der Waals surface area contributed by atoms with Crippen molar-refractivity contribution in [2.45, 2.75) is 38.1 Å². The van der Waals surface area contributed by atoms with Crippen molar-refractivity contribution in [3.8, 4) is 0 Å². The van der Waals surface area contributed by atoms with Crippen LogP contribution in [0.15, 0.2) is 29.2 Å². The smallest absolute Gasteiger partial charge is 0.338 e. The fourth-order valence-corrected chi connectivity index (χ4v) is 5.52. The van der Waals surface area contributed by atoms with E-state index in [4.69, 9.17) is 14.7 Å². The van der Waals surface area contributed by atoms with E-state index in [9.17, 15) is 14.1 Å². The minimum Gasteiger partial charge on any atom is -0.462 e. The third kappa shape index (κ3) is 5.17. The van der Waals surface area contributed by atoms with Crippen LogP contribution in [0.4, 0.5) is 17.5 Å². The van der Waals surface area contributed by atoms with Gasteiger partial charge in [-0.2, -0.15) is 4.98 Å². The summed E-state index contributed by atoms with van der Waals surface area (Å²) in [7, 11) is -1.12. The molecule has 2 aliphatic heterocycles. The molecule has 1 fully saturated rings. The lowest BCUT2D eigenvalue weighted by Crippen LogP contribution is -2.47. The standard InChI is InChI=1S/C24H33N5O4S/c1-4-33-23(31)17-5-7-18(8-6-17)28-10-12-29(13-11-28)24-26-19-9-14-34(32)21(19)22(27-24)25-20(15-30)16(2)3/h5-8,16,20,30H,4,9-15H2,1-3H3,(H,25,26,27)/t20-,34?/m0/s1. The lowest BCUT2D eigenvalue weighted by Gasteiger charge is -2.36. The number of aliphatic hydroxyl groups is 1. The van der Waals surface area contributed by atoms with Crippen LogP contribution in [0.5, 0.6) is 0 Å². The quantitative estimate of drug-likeness (QED) is 0.541. The van der Waals surface area contributed by atoms with Crippen LogP contribution in [0.2, 0.25) is 0 Å². The number of aromatic nitrogens is 2. The van der Waals surface area contributed by atoms with Crippen LogP contribution in [-0.4, -0.2) is 76.4 Å². The average molecular weight is 488 g/mol. The van der Waals surface area contributed by atoms with E-state index in [0.717, 1.165) is 37.6 Å². The summed E-state index contributed by atoms with van der Waals surface area (Å²) in [6, 6.07) is 7.33. The number of hydrogen-bond acceptors (Lipinski definition) is 9. The van der Waals surface area contributed by atoms with Gasteiger partial charge >= 0.3 is 5.97 Å². The van der Waals surface area contributed by atoms with Crippen LogP contribution in [-0.2, 0) is 22.0 Å². The highest BCUT2D eigenvalue weighted by Gasteiger charge is 2.29. The van der Waals surface area contributed by atoms with E-state index in [1.807, 2.05) is 26.0 Å². The molecule has 34 heavy (non-hydrogen) atoms. The van der Waals surface area contributed by atoms with Crippen LogP contribution >= 0.6 is 0 Å². The van der Waals surface area contributed by atoms with Gasteiger partial charge in [0.15, 0.2) is 0 Å². The van der Waals surface area contributed by atoms with Crippen molar-refractivity contribution in [3.05, 3.63) is 35.5 Å². The largest absolute Gasteiger partial charge is 0.462 e. The maximum absolute atomic E-state index is 12.6. The molecule has 1 aromatic carbocycles. The topological polar surface area (TPSA) is 108 Å². The first-order valence-corrected chi connectivity index (χ1v) is 13.2. The molecule has 0 bridgehead atoms. The number of hydrogen-bond donors (Lipinski definition) is 2. The van der Waals surface area contributed by atoms with Crippen LogP contribution in [0.1, 0.15) is 36.8 Å². The van der Waals surface area contributed by atoms with E-state index in [0.29, 0.717) is 41.0 Å². The maximum atomic E-state index is 12.6. The van der Waals surface area contributed by atoms with E-state index in [1.165, 1.54) is 0 Å². The molecule has 9 nitrogen and oxygen atoms in total. The van der Waals surface area contributed by atoms with Crippen molar-refractivity contribution in [2.75, 3.05) is 60.3 Å². The molecule has 10 heteroatoms. The highest BCUT2D eigenvalue weighted by Crippen LogP contribution is 2.31. The number of aliphatic hydroxyl groups excluding tert-OH is 1. The number of aryl methyl sites for hydroxylation is 1. The van der Waals surface area contributed by atoms with Gasteiger partial charge in [0.05, 0.1) is 41.3 Å². The summed E-state index contributed by atoms with van der Waals surface area (Å²) in [5.41, 5.74) is 2.45. The van der Waals surface area contributed by atoms with E-state index >= 15 is 0 Å². The molecule has 184 valence electrons. The zero-order valence-corrected chi connectivity index (χ0v) is 20.8. The Morgan fingerprint density at radius 2 is 1.82 bits per heavy atom. The van der Waals surface area contributed by atoms with Gasteiger partial charge in [0.2, 0.25) is 5.95 Å². The SMILES string of the molecule is CCOC(=O)c1ccc(N2CCN(c3nc4c(c(N[C@@H](CO)C(C)C)n3)S(=O)CC4)CC2)cc1. The molecule has 2 aromatic rings. The van der Waals surface area contributed by atoms with Gasteiger partial charge < -0.3 is 25.0 Å². The Kier molecular flexibility index (Phi) is 7.67. The summed E-state index contributed by atoms with van der Waals surface area (Å²) < 4.78 is 17.7. The number of nitrogens with one attached hydrogen (secondary N) is 1. The van der Waals surface area contributed by atoms with Gasteiger partial charge in [-0.1, -0.05) is 13.8 Å². The van der Waals surface area contributed by atoms with Crippen molar-refractivity contribution in [2.24, 2.45) is 5.92 Å². The van der Waals surface area contributed by atoms with Gasteiger partial charge in [0.25, 0.3) is 0 Å². The zero-order chi connectivity index (χ0) is 24.2. The minimum absolute atomic E-state index is 0.0218. The summed E-state index contributed by atoms with van der Waals surface area (Å²) >= 11 is 0. The Morgan fingerprint density at radius 1 is 1.15 bits per heavy atom. The number of carbonyl (C=O) groups excluding carboxylic acids is 1. The molecule has 4 rings (SSSR count). The molecule has 2 N–H and O–H groups in total. The number of anilines is 3. The van der Waals surface area contributed by atoms with E-state index in [-0.39, 0.29) is 24.5 Å². The molecule has 1 aromatic heterocycles. The number of piperazine rings is 1. The zero-order valence-electron chi connectivity index (χ0n) is 20.0. The van der Waals surface area contributed by atoms with Gasteiger partial charge in [0, 0.05) is 44.0 Å². The summed E-state index contributed by atoms with van der Waals surface area (Å²) in [6.45, 7) is 9.27. The van der Waals surface area contributed by atoms with Crippen LogP contribution in [0.25, 0.3) is 0 Å². The summed E-state index contributed by atoms with van der Waals surface area (Å²) in [5.74, 6) is 1.67. The summed E-state index contributed by atoms with van der Waals surface area (Å²) in [5, 5.41) is 13.1. The number of carbonyl (C=O) groups is 1. The number of fused-ring (bicyclic) bond motifs is 1.